The highest BCUT2D eigenvalue weighted by atomic mass is 19.4. The van der Waals surface area contributed by atoms with Crippen molar-refractivity contribution >= 4 is 11.7 Å². The van der Waals surface area contributed by atoms with Crippen molar-refractivity contribution in [1.29, 1.82) is 0 Å². The number of carbonyl (C=O) groups is 1. The van der Waals surface area contributed by atoms with Crippen LogP contribution in [0.3, 0.4) is 0 Å². The molecule has 1 aliphatic heterocycles. The number of carbonyl (C=O) groups excluding carboxylic acids is 1. The summed E-state index contributed by atoms with van der Waals surface area (Å²) in [5.74, 6) is 0.794. The van der Waals surface area contributed by atoms with Gasteiger partial charge in [-0.2, -0.15) is 13.2 Å². The summed E-state index contributed by atoms with van der Waals surface area (Å²) in [7, 11) is 0. The molecular weight excluding hydrogens is 335 g/mol. The molecule has 8 heteroatoms. The number of anilines is 1. The van der Waals surface area contributed by atoms with Crippen molar-refractivity contribution in [2.45, 2.75) is 33.1 Å². The zero-order chi connectivity index (χ0) is 18.6. The number of piperazine rings is 1. The summed E-state index contributed by atoms with van der Waals surface area (Å²) in [4.78, 5) is 19.9. The standard InChI is InChI=1S/C17H24F3N3O2/c1-12(2)11-25-13(3)16(24)23-8-6-22(7-9-23)15-5-4-14(10-21-15)17(18,19)20/h4-5,10,12-13H,6-9,11H2,1-3H3/t13-/m0/s1. The average Bonchev–Trinajstić information content (AvgIpc) is 2.58. The summed E-state index contributed by atoms with van der Waals surface area (Å²) >= 11 is 0. The second-order valence-electron chi connectivity index (χ2n) is 6.58. The summed E-state index contributed by atoms with van der Waals surface area (Å²) < 4.78 is 43.3. The molecule has 1 aromatic rings. The van der Waals surface area contributed by atoms with Gasteiger partial charge in [0.1, 0.15) is 11.9 Å². The van der Waals surface area contributed by atoms with Gasteiger partial charge in [-0.3, -0.25) is 4.79 Å². The van der Waals surface area contributed by atoms with Crippen molar-refractivity contribution in [3.05, 3.63) is 23.9 Å². The van der Waals surface area contributed by atoms with E-state index in [9.17, 15) is 18.0 Å². The Balaban J connectivity index is 1.88. The molecule has 1 amide bonds. The fraction of sp³-hybridized carbons (Fsp3) is 0.647. The molecule has 0 spiro atoms. The maximum Gasteiger partial charge on any atom is 0.417 e. The number of hydrogen-bond acceptors (Lipinski definition) is 4. The van der Waals surface area contributed by atoms with E-state index in [0.29, 0.717) is 44.5 Å². The lowest BCUT2D eigenvalue weighted by atomic mass is 10.2. The number of alkyl halides is 3. The van der Waals surface area contributed by atoms with Gasteiger partial charge in [-0.1, -0.05) is 13.8 Å². The first-order valence-electron chi connectivity index (χ1n) is 8.37. The number of halogens is 3. The van der Waals surface area contributed by atoms with Crippen molar-refractivity contribution in [1.82, 2.24) is 9.88 Å². The zero-order valence-corrected chi connectivity index (χ0v) is 14.7. The minimum atomic E-state index is -4.39. The molecule has 0 aromatic carbocycles. The van der Waals surface area contributed by atoms with E-state index in [1.807, 2.05) is 18.7 Å². The Bertz CT molecular complexity index is 567. The van der Waals surface area contributed by atoms with Crippen molar-refractivity contribution < 1.29 is 22.7 Å². The first-order valence-corrected chi connectivity index (χ1v) is 8.37. The molecule has 2 rings (SSSR count). The average molecular weight is 359 g/mol. The molecule has 1 aromatic heterocycles. The minimum absolute atomic E-state index is 0.0549. The van der Waals surface area contributed by atoms with Crippen LogP contribution in [0.15, 0.2) is 18.3 Å². The first kappa shape index (κ1) is 19.5. The van der Waals surface area contributed by atoms with Crippen LogP contribution < -0.4 is 4.90 Å². The number of ether oxygens (including phenoxy) is 1. The minimum Gasteiger partial charge on any atom is -0.368 e. The maximum absolute atomic E-state index is 12.6. The van der Waals surface area contributed by atoms with Gasteiger partial charge in [0.15, 0.2) is 0 Å². The highest BCUT2D eigenvalue weighted by Crippen LogP contribution is 2.29. The Morgan fingerprint density at radius 3 is 2.32 bits per heavy atom. The number of pyridine rings is 1. The third-order valence-corrected chi connectivity index (χ3v) is 4.02. The van der Waals surface area contributed by atoms with Crippen molar-refractivity contribution in [3.63, 3.8) is 0 Å². The number of hydrogen-bond donors (Lipinski definition) is 0. The molecular formula is C17H24F3N3O2. The van der Waals surface area contributed by atoms with Gasteiger partial charge in [0.2, 0.25) is 0 Å². The van der Waals surface area contributed by atoms with Crippen LogP contribution >= 0.6 is 0 Å². The van der Waals surface area contributed by atoms with Crippen molar-refractivity contribution in [2.75, 3.05) is 37.7 Å². The Hall–Kier alpha value is -1.83. The Morgan fingerprint density at radius 1 is 1.20 bits per heavy atom. The van der Waals surface area contributed by atoms with Gasteiger partial charge in [0.25, 0.3) is 5.91 Å². The van der Waals surface area contributed by atoms with Crippen LogP contribution in [0.25, 0.3) is 0 Å². The highest BCUT2D eigenvalue weighted by molar-refractivity contribution is 5.80. The van der Waals surface area contributed by atoms with Crippen molar-refractivity contribution in [3.8, 4) is 0 Å². The van der Waals surface area contributed by atoms with E-state index in [4.69, 9.17) is 4.74 Å². The van der Waals surface area contributed by atoms with Crippen LogP contribution in [0, 0.1) is 5.92 Å². The maximum atomic E-state index is 12.6. The quantitative estimate of drug-likeness (QED) is 0.811. The molecule has 0 radical (unpaired) electrons. The van der Waals surface area contributed by atoms with Gasteiger partial charge in [-0.05, 0) is 25.0 Å². The predicted molar refractivity (Wildman–Crippen MR) is 88.3 cm³/mol. The van der Waals surface area contributed by atoms with E-state index in [2.05, 4.69) is 4.98 Å². The van der Waals surface area contributed by atoms with Crippen molar-refractivity contribution in [2.24, 2.45) is 5.92 Å². The summed E-state index contributed by atoms with van der Waals surface area (Å²) in [6, 6.07) is 2.40. The largest absolute Gasteiger partial charge is 0.417 e. The number of nitrogens with zero attached hydrogens (tertiary/aromatic N) is 3. The van der Waals surface area contributed by atoms with E-state index in [0.717, 1.165) is 12.3 Å². The molecule has 140 valence electrons. The fourth-order valence-corrected chi connectivity index (χ4v) is 2.56. The van der Waals surface area contributed by atoms with E-state index >= 15 is 0 Å². The molecule has 1 saturated heterocycles. The zero-order valence-electron chi connectivity index (χ0n) is 14.7. The van der Waals surface area contributed by atoms with Crippen LogP contribution in [0.5, 0.6) is 0 Å². The third-order valence-electron chi connectivity index (χ3n) is 4.02. The smallest absolute Gasteiger partial charge is 0.368 e. The van der Waals surface area contributed by atoms with E-state index < -0.39 is 17.8 Å². The summed E-state index contributed by atoms with van der Waals surface area (Å²) in [5, 5.41) is 0. The summed E-state index contributed by atoms with van der Waals surface area (Å²) in [6.07, 6.45) is -4.03. The predicted octanol–water partition coefficient (Wildman–Crippen LogP) is 2.81. The van der Waals surface area contributed by atoms with Gasteiger partial charge in [0, 0.05) is 39.0 Å². The molecule has 25 heavy (non-hydrogen) atoms. The molecule has 0 saturated carbocycles. The second-order valence-corrected chi connectivity index (χ2v) is 6.58. The number of rotatable bonds is 5. The fourth-order valence-electron chi connectivity index (χ4n) is 2.56. The van der Waals surface area contributed by atoms with Gasteiger partial charge < -0.3 is 14.5 Å². The van der Waals surface area contributed by atoms with Gasteiger partial charge in [-0.25, -0.2) is 4.98 Å². The summed E-state index contributed by atoms with van der Waals surface area (Å²) in [6.45, 7) is 8.37. The Kier molecular flexibility index (Phi) is 6.26. The van der Waals surface area contributed by atoms with E-state index in [-0.39, 0.29) is 5.91 Å². The molecule has 1 aliphatic rings. The lowest BCUT2D eigenvalue weighted by Crippen LogP contribution is -2.51. The van der Waals surface area contributed by atoms with Gasteiger partial charge >= 0.3 is 6.18 Å². The Morgan fingerprint density at radius 2 is 1.84 bits per heavy atom. The lowest BCUT2D eigenvalue weighted by molar-refractivity contribution is -0.143. The highest BCUT2D eigenvalue weighted by Gasteiger charge is 2.31. The van der Waals surface area contributed by atoms with Gasteiger partial charge in [-0.15, -0.1) is 0 Å². The van der Waals surface area contributed by atoms with E-state index in [1.54, 1.807) is 11.8 Å². The summed E-state index contributed by atoms with van der Waals surface area (Å²) in [5.41, 5.74) is -0.763. The number of amides is 1. The Labute approximate surface area is 145 Å². The topological polar surface area (TPSA) is 45.7 Å². The molecule has 0 unspecified atom stereocenters. The molecule has 1 atom stereocenters. The van der Waals surface area contributed by atoms with Crippen LogP contribution in [0.2, 0.25) is 0 Å². The molecule has 5 nitrogen and oxygen atoms in total. The van der Waals surface area contributed by atoms with Crippen LogP contribution in [0.4, 0.5) is 19.0 Å². The molecule has 0 aliphatic carbocycles. The third kappa shape index (κ3) is 5.32. The molecule has 1 fully saturated rings. The SMILES string of the molecule is CC(C)CO[C@@H](C)C(=O)N1CCN(c2ccc(C(F)(F)F)cn2)CC1. The van der Waals surface area contributed by atoms with Crippen LogP contribution in [0.1, 0.15) is 26.3 Å². The van der Waals surface area contributed by atoms with Crippen LogP contribution in [-0.2, 0) is 15.7 Å². The normalized spacial score (nSPS) is 17.1. The first-order chi connectivity index (χ1) is 11.7. The monoisotopic (exact) mass is 359 g/mol. The molecule has 0 N–H and O–H groups in total. The molecule has 2 heterocycles. The second kappa shape index (κ2) is 8.03. The van der Waals surface area contributed by atoms with Crippen LogP contribution in [-0.4, -0.2) is 54.7 Å². The van der Waals surface area contributed by atoms with E-state index in [1.165, 1.54) is 6.07 Å². The molecule has 0 bridgehead atoms. The van der Waals surface area contributed by atoms with Gasteiger partial charge in [0.05, 0.1) is 5.56 Å². The number of aromatic nitrogens is 1. The lowest BCUT2D eigenvalue weighted by Gasteiger charge is -2.36.